The number of carbonyl (C=O) groups excluding carboxylic acids is 1. The van der Waals surface area contributed by atoms with Crippen LogP contribution in [0.2, 0.25) is 0 Å². The number of furan rings is 1. The molecule has 0 atom stereocenters. The van der Waals surface area contributed by atoms with Crippen LogP contribution in [0.1, 0.15) is 0 Å². The van der Waals surface area contributed by atoms with Gasteiger partial charge in [-0.25, -0.2) is 0 Å². The molecule has 29 heavy (non-hydrogen) atoms. The summed E-state index contributed by atoms with van der Waals surface area (Å²) in [4.78, 5) is 14.6. The van der Waals surface area contributed by atoms with Crippen molar-refractivity contribution in [2.24, 2.45) is 7.05 Å². The van der Waals surface area contributed by atoms with Crippen LogP contribution in [-0.2, 0) is 11.8 Å². The topological polar surface area (TPSA) is 73.0 Å². The molecule has 0 radical (unpaired) electrons. The van der Waals surface area contributed by atoms with Crippen LogP contribution in [0, 0.1) is 0 Å². The second kappa shape index (κ2) is 9.02. The quantitative estimate of drug-likeness (QED) is 0.425. The first-order valence-electron chi connectivity index (χ1n) is 8.88. The highest BCUT2D eigenvalue weighted by atomic mass is 32.2. The van der Waals surface area contributed by atoms with E-state index in [0.29, 0.717) is 16.7 Å². The molecule has 0 saturated heterocycles. The average molecular weight is 423 g/mol. The largest absolute Gasteiger partial charge is 0.461 e. The number of aromatic nitrogens is 3. The van der Waals surface area contributed by atoms with Gasteiger partial charge in [-0.05, 0) is 36.4 Å². The highest BCUT2D eigenvalue weighted by Gasteiger charge is 2.15. The molecule has 0 aliphatic heterocycles. The molecule has 2 aromatic carbocycles. The number of nitrogens with one attached hydrogen (secondary N) is 1. The Morgan fingerprint density at radius 1 is 1.03 bits per heavy atom. The molecule has 0 aliphatic rings. The van der Waals surface area contributed by atoms with Crippen LogP contribution >= 0.6 is 23.5 Å². The number of para-hydroxylation sites is 1. The minimum absolute atomic E-state index is 0.0985. The molecule has 6 nitrogen and oxygen atoms in total. The minimum Gasteiger partial charge on any atom is -0.461 e. The molecule has 4 aromatic rings. The van der Waals surface area contributed by atoms with Gasteiger partial charge < -0.3 is 14.3 Å². The Hall–Kier alpha value is -2.97. The van der Waals surface area contributed by atoms with Gasteiger partial charge in [-0.2, -0.15) is 0 Å². The second-order valence-corrected chi connectivity index (χ2v) is 8.15. The van der Waals surface area contributed by atoms with E-state index in [2.05, 4.69) is 15.5 Å². The zero-order chi connectivity index (χ0) is 20.1. The van der Waals surface area contributed by atoms with Gasteiger partial charge in [0, 0.05) is 16.8 Å². The Kier molecular flexibility index (Phi) is 6.02. The number of hydrogen-bond donors (Lipinski definition) is 1. The number of benzene rings is 2. The molecule has 0 bridgehead atoms. The number of nitrogens with zero attached hydrogens (tertiary/aromatic N) is 3. The summed E-state index contributed by atoms with van der Waals surface area (Å²) in [6.45, 7) is 0. The Labute approximate surface area is 176 Å². The fourth-order valence-corrected chi connectivity index (χ4v) is 4.29. The van der Waals surface area contributed by atoms with Gasteiger partial charge in [0.25, 0.3) is 0 Å². The molecule has 8 heteroatoms. The fourth-order valence-electron chi connectivity index (χ4n) is 2.65. The number of hydrogen-bond acceptors (Lipinski definition) is 6. The molecule has 2 aromatic heterocycles. The molecule has 0 aliphatic carbocycles. The van der Waals surface area contributed by atoms with E-state index in [1.165, 1.54) is 11.8 Å². The maximum absolute atomic E-state index is 12.5. The summed E-state index contributed by atoms with van der Waals surface area (Å²) >= 11 is 2.95. The van der Waals surface area contributed by atoms with Gasteiger partial charge in [0.1, 0.15) is 0 Å². The Morgan fingerprint density at radius 2 is 1.83 bits per heavy atom. The van der Waals surface area contributed by atoms with Crippen LogP contribution in [-0.4, -0.2) is 26.4 Å². The lowest BCUT2D eigenvalue weighted by atomic mass is 10.3. The van der Waals surface area contributed by atoms with Crippen molar-refractivity contribution < 1.29 is 9.21 Å². The van der Waals surface area contributed by atoms with E-state index < -0.39 is 0 Å². The van der Waals surface area contributed by atoms with Gasteiger partial charge >= 0.3 is 0 Å². The zero-order valence-corrected chi connectivity index (χ0v) is 17.2. The second-order valence-electron chi connectivity index (χ2n) is 6.09. The summed E-state index contributed by atoms with van der Waals surface area (Å²) < 4.78 is 7.18. The predicted molar refractivity (Wildman–Crippen MR) is 115 cm³/mol. The third-order valence-corrected chi connectivity index (χ3v) is 6.15. The normalized spacial score (nSPS) is 10.8. The highest BCUT2D eigenvalue weighted by Crippen LogP contribution is 2.33. The standard InChI is InChI=1S/C21H18N4O2S2/c1-25-20(17-11-7-13-27-17)23-24-21(25)28-14-19(26)22-16-10-5-6-12-18(16)29-15-8-3-2-4-9-15/h2-13H,14H2,1H3,(H,22,26). The Bertz CT molecular complexity index is 1100. The maximum atomic E-state index is 12.5. The number of thioether (sulfide) groups is 1. The molecule has 1 amide bonds. The summed E-state index contributed by atoms with van der Waals surface area (Å²) in [5.41, 5.74) is 0.793. The first kappa shape index (κ1) is 19.4. The summed E-state index contributed by atoms with van der Waals surface area (Å²) in [5, 5.41) is 11.9. The monoisotopic (exact) mass is 422 g/mol. The average Bonchev–Trinajstić information content (AvgIpc) is 3.38. The number of amides is 1. The van der Waals surface area contributed by atoms with Gasteiger partial charge in [-0.1, -0.05) is 53.9 Å². The lowest BCUT2D eigenvalue weighted by Crippen LogP contribution is -2.15. The van der Waals surface area contributed by atoms with Crippen molar-refractivity contribution in [2.75, 3.05) is 11.1 Å². The van der Waals surface area contributed by atoms with Gasteiger partial charge in [-0.3, -0.25) is 4.79 Å². The van der Waals surface area contributed by atoms with E-state index in [0.717, 1.165) is 15.5 Å². The van der Waals surface area contributed by atoms with Crippen LogP contribution < -0.4 is 5.32 Å². The van der Waals surface area contributed by atoms with Crippen LogP contribution in [0.5, 0.6) is 0 Å². The molecule has 4 rings (SSSR count). The Morgan fingerprint density at radius 3 is 2.62 bits per heavy atom. The molecule has 0 spiro atoms. The van der Waals surface area contributed by atoms with Gasteiger partial charge in [0.15, 0.2) is 16.7 Å². The molecule has 146 valence electrons. The van der Waals surface area contributed by atoms with Crippen molar-refractivity contribution in [3.05, 3.63) is 73.0 Å². The van der Waals surface area contributed by atoms with E-state index in [1.807, 2.05) is 72.3 Å². The predicted octanol–water partition coefficient (Wildman–Crippen LogP) is 4.96. The van der Waals surface area contributed by atoms with Gasteiger partial charge in [0.05, 0.1) is 17.7 Å². The van der Waals surface area contributed by atoms with Crippen LogP contribution in [0.4, 0.5) is 5.69 Å². The SMILES string of the molecule is Cn1c(SCC(=O)Nc2ccccc2Sc2ccccc2)nnc1-c1ccco1. The first-order valence-corrected chi connectivity index (χ1v) is 10.7. The fraction of sp³-hybridized carbons (Fsp3) is 0.0952. The smallest absolute Gasteiger partial charge is 0.234 e. The van der Waals surface area contributed by atoms with E-state index in [1.54, 1.807) is 24.1 Å². The first-order chi connectivity index (χ1) is 14.2. The van der Waals surface area contributed by atoms with Gasteiger partial charge in [0.2, 0.25) is 5.91 Å². The summed E-state index contributed by atoms with van der Waals surface area (Å²) in [7, 11) is 1.85. The summed E-state index contributed by atoms with van der Waals surface area (Å²) in [6.07, 6.45) is 1.59. The van der Waals surface area contributed by atoms with E-state index in [9.17, 15) is 4.79 Å². The molecule has 0 unspecified atom stereocenters. The van der Waals surface area contributed by atoms with Crippen molar-refractivity contribution in [3.8, 4) is 11.6 Å². The molecule has 2 heterocycles. The minimum atomic E-state index is -0.0985. The van der Waals surface area contributed by atoms with Crippen molar-refractivity contribution in [3.63, 3.8) is 0 Å². The third kappa shape index (κ3) is 4.72. The number of anilines is 1. The van der Waals surface area contributed by atoms with E-state index in [4.69, 9.17) is 4.42 Å². The van der Waals surface area contributed by atoms with Crippen LogP contribution in [0.3, 0.4) is 0 Å². The van der Waals surface area contributed by atoms with Crippen LogP contribution in [0.15, 0.2) is 92.4 Å². The van der Waals surface area contributed by atoms with Crippen LogP contribution in [0.25, 0.3) is 11.6 Å². The van der Waals surface area contributed by atoms with Crippen molar-refractivity contribution >= 4 is 35.1 Å². The molecular weight excluding hydrogens is 404 g/mol. The third-order valence-electron chi connectivity index (χ3n) is 4.04. The summed E-state index contributed by atoms with van der Waals surface area (Å²) in [6, 6.07) is 21.5. The lowest BCUT2D eigenvalue weighted by molar-refractivity contribution is -0.113. The number of rotatable bonds is 7. The molecule has 0 saturated carbocycles. The Balaban J connectivity index is 1.40. The van der Waals surface area contributed by atoms with E-state index >= 15 is 0 Å². The van der Waals surface area contributed by atoms with Crippen molar-refractivity contribution in [1.82, 2.24) is 14.8 Å². The lowest BCUT2D eigenvalue weighted by Gasteiger charge is -2.10. The summed E-state index contributed by atoms with van der Waals surface area (Å²) in [5.74, 6) is 1.40. The van der Waals surface area contributed by atoms with Gasteiger partial charge in [-0.15, -0.1) is 10.2 Å². The van der Waals surface area contributed by atoms with E-state index in [-0.39, 0.29) is 11.7 Å². The van der Waals surface area contributed by atoms with Crippen molar-refractivity contribution in [2.45, 2.75) is 14.9 Å². The van der Waals surface area contributed by atoms with Crippen molar-refractivity contribution in [1.29, 1.82) is 0 Å². The molecule has 1 N–H and O–H groups in total. The molecular formula is C21H18N4O2S2. The highest BCUT2D eigenvalue weighted by molar-refractivity contribution is 8.00. The maximum Gasteiger partial charge on any atom is 0.234 e. The number of carbonyl (C=O) groups is 1. The molecule has 0 fully saturated rings. The zero-order valence-electron chi connectivity index (χ0n) is 15.6.